The van der Waals surface area contributed by atoms with Gasteiger partial charge in [0.05, 0.1) is 10.9 Å². The summed E-state index contributed by atoms with van der Waals surface area (Å²) in [6.07, 6.45) is 1.78. The molecule has 1 aliphatic rings. The van der Waals surface area contributed by atoms with E-state index in [1.54, 1.807) is 41.3 Å². The van der Waals surface area contributed by atoms with Crippen molar-refractivity contribution in [2.75, 3.05) is 18.4 Å². The number of nitrogens with one attached hydrogen (secondary N) is 2. The molecule has 9 heteroatoms. The van der Waals surface area contributed by atoms with E-state index in [-0.39, 0.29) is 22.8 Å². The first-order valence-corrected chi connectivity index (χ1v) is 12.8. The van der Waals surface area contributed by atoms with E-state index in [0.717, 1.165) is 27.7 Å². The number of carbonyl (C=O) groups excluding carboxylic acids is 2. The number of carbonyl (C=O) groups is 2. The van der Waals surface area contributed by atoms with Crippen LogP contribution >= 0.6 is 11.3 Å². The molecule has 37 heavy (non-hydrogen) atoms. The van der Waals surface area contributed by atoms with Crippen molar-refractivity contribution in [2.45, 2.75) is 12.8 Å². The van der Waals surface area contributed by atoms with Crippen molar-refractivity contribution in [3.8, 4) is 10.4 Å². The van der Waals surface area contributed by atoms with Gasteiger partial charge in [-0.3, -0.25) is 19.2 Å². The van der Waals surface area contributed by atoms with Crippen molar-refractivity contribution < 1.29 is 9.59 Å². The highest BCUT2D eigenvalue weighted by Gasteiger charge is 2.26. The van der Waals surface area contributed by atoms with Crippen LogP contribution in [0.25, 0.3) is 26.3 Å². The molecule has 1 fully saturated rings. The van der Waals surface area contributed by atoms with Crippen LogP contribution < -0.4 is 16.4 Å². The lowest BCUT2D eigenvalue weighted by molar-refractivity contribution is 0.0793. The van der Waals surface area contributed by atoms with E-state index in [1.165, 1.54) is 17.4 Å². The molecule has 0 aliphatic carbocycles. The van der Waals surface area contributed by atoms with Crippen molar-refractivity contribution in [3.63, 3.8) is 0 Å². The number of rotatable bonds is 4. The first-order chi connectivity index (χ1) is 18.0. The van der Waals surface area contributed by atoms with E-state index in [4.69, 9.17) is 0 Å². The van der Waals surface area contributed by atoms with Crippen LogP contribution in [-0.2, 0) is 0 Å². The van der Waals surface area contributed by atoms with E-state index < -0.39 is 17.0 Å². The number of fused-ring (bicyclic) bond motifs is 2. The van der Waals surface area contributed by atoms with Gasteiger partial charge in [0.25, 0.3) is 22.9 Å². The van der Waals surface area contributed by atoms with Gasteiger partial charge in [0.2, 0.25) is 0 Å². The Morgan fingerprint density at radius 3 is 2.24 bits per heavy atom. The molecule has 4 heterocycles. The van der Waals surface area contributed by atoms with Gasteiger partial charge in [0.1, 0.15) is 16.2 Å². The highest BCUT2D eigenvalue weighted by Crippen LogP contribution is 2.31. The van der Waals surface area contributed by atoms with Gasteiger partial charge in [-0.15, -0.1) is 11.3 Å². The molecule has 2 amide bonds. The third kappa shape index (κ3) is 4.03. The van der Waals surface area contributed by atoms with Crippen LogP contribution in [0.15, 0.2) is 82.4 Å². The van der Waals surface area contributed by atoms with Crippen LogP contribution in [0.3, 0.4) is 0 Å². The van der Waals surface area contributed by atoms with E-state index in [9.17, 15) is 19.2 Å². The van der Waals surface area contributed by atoms with E-state index in [1.807, 2.05) is 30.3 Å². The van der Waals surface area contributed by atoms with Crippen LogP contribution in [0, 0.1) is 0 Å². The van der Waals surface area contributed by atoms with Gasteiger partial charge in [-0.05, 0) is 42.7 Å². The van der Waals surface area contributed by atoms with Crippen molar-refractivity contribution >= 4 is 44.7 Å². The molecular weight excluding hydrogens is 488 g/mol. The second-order valence-corrected chi connectivity index (χ2v) is 9.98. The number of aromatic nitrogens is 2. The molecule has 2 aromatic carbocycles. The molecule has 8 nitrogen and oxygen atoms in total. The summed E-state index contributed by atoms with van der Waals surface area (Å²) in [5, 5.41) is 2.96. The minimum atomic E-state index is -0.701. The fourth-order valence-electron chi connectivity index (χ4n) is 4.68. The molecule has 0 spiro atoms. The zero-order valence-corrected chi connectivity index (χ0v) is 20.5. The summed E-state index contributed by atoms with van der Waals surface area (Å²) in [4.78, 5) is 59.9. The number of benzene rings is 2. The van der Waals surface area contributed by atoms with Gasteiger partial charge < -0.3 is 15.2 Å². The molecule has 0 bridgehead atoms. The van der Waals surface area contributed by atoms with Gasteiger partial charge >= 0.3 is 0 Å². The lowest BCUT2D eigenvalue weighted by Gasteiger charge is -2.17. The number of anilines is 1. The molecule has 6 rings (SSSR count). The molecule has 3 aromatic heterocycles. The largest absolute Gasteiger partial charge is 0.339 e. The maximum Gasteiger partial charge on any atom is 0.283 e. The Bertz CT molecular complexity index is 1780. The van der Waals surface area contributed by atoms with E-state index in [0.29, 0.717) is 28.9 Å². The molecule has 5 aromatic rings. The lowest BCUT2D eigenvalue weighted by atomic mass is 10.1. The first-order valence-electron chi connectivity index (χ1n) is 12.0. The van der Waals surface area contributed by atoms with Crippen molar-refractivity contribution in [1.29, 1.82) is 0 Å². The second-order valence-electron chi connectivity index (χ2n) is 8.93. The van der Waals surface area contributed by atoms with Crippen molar-refractivity contribution in [1.82, 2.24) is 14.3 Å². The number of hydrogen-bond donors (Lipinski definition) is 2. The average molecular weight is 511 g/mol. The smallest absolute Gasteiger partial charge is 0.283 e. The molecule has 0 unspecified atom stereocenters. The number of thiophene rings is 1. The molecule has 1 aliphatic heterocycles. The SMILES string of the molecule is O=C(Nc1cc(C(=O)N2CCCC2)c2[nH]c3sc(-c4ccccc4)cc3c(=O)n2c1=O)c1ccccc1. The number of H-pyrrole nitrogens is 1. The highest BCUT2D eigenvalue weighted by molar-refractivity contribution is 7.21. The molecule has 1 saturated heterocycles. The summed E-state index contributed by atoms with van der Waals surface area (Å²) in [7, 11) is 0. The van der Waals surface area contributed by atoms with Gasteiger partial charge in [0, 0.05) is 23.5 Å². The topological polar surface area (TPSA) is 104 Å². The van der Waals surface area contributed by atoms with Crippen LogP contribution in [0.1, 0.15) is 33.6 Å². The normalized spacial score (nSPS) is 13.4. The fraction of sp³-hybridized carbons (Fsp3) is 0.143. The maximum absolute atomic E-state index is 13.7. The monoisotopic (exact) mass is 510 g/mol. The number of pyridine rings is 1. The van der Waals surface area contributed by atoms with Crippen molar-refractivity contribution in [3.05, 3.63) is 105 Å². The standard InChI is InChI=1S/C28H22N4O4S/c33-24(18-11-5-2-6-12-18)29-21-15-19(26(34)31-13-7-8-14-31)23-30-25-20(27(35)32(23)28(21)36)16-22(37-25)17-9-3-1-4-10-17/h1-6,9-12,15-16,30H,7-8,13-14H2,(H,29,33). The molecule has 184 valence electrons. The third-order valence-electron chi connectivity index (χ3n) is 6.56. The Morgan fingerprint density at radius 1 is 0.865 bits per heavy atom. The summed E-state index contributed by atoms with van der Waals surface area (Å²) in [5.74, 6) is -0.795. The quantitative estimate of drug-likeness (QED) is 0.375. The summed E-state index contributed by atoms with van der Waals surface area (Å²) >= 11 is 1.38. The van der Waals surface area contributed by atoms with Crippen molar-refractivity contribution in [2.24, 2.45) is 0 Å². The Balaban J connectivity index is 1.57. The fourth-order valence-corrected chi connectivity index (χ4v) is 5.73. The number of likely N-dealkylation sites (tertiary alicyclic amines) is 1. The first kappa shape index (κ1) is 22.9. The number of aromatic amines is 1. The number of hydrogen-bond acceptors (Lipinski definition) is 5. The summed E-state index contributed by atoms with van der Waals surface area (Å²) < 4.78 is 0.966. The predicted molar refractivity (Wildman–Crippen MR) is 145 cm³/mol. The molecule has 2 N–H and O–H groups in total. The molecule has 0 saturated carbocycles. The molecule has 0 radical (unpaired) electrons. The second kappa shape index (κ2) is 9.18. The van der Waals surface area contributed by atoms with Crippen LogP contribution in [0.2, 0.25) is 0 Å². The Morgan fingerprint density at radius 2 is 1.54 bits per heavy atom. The van der Waals surface area contributed by atoms with Gasteiger partial charge in [-0.1, -0.05) is 48.5 Å². The maximum atomic E-state index is 13.7. The third-order valence-corrected chi connectivity index (χ3v) is 7.66. The van der Waals surface area contributed by atoms with Crippen LogP contribution in [0.5, 0.6) is 0 Å². The zero-order chi connectivity index (χ0) is 25.5. The highest BCUT2D eigenvalue weighted by atomic mass is 32.1. The van der Waals surface area contributed by atoms with Gasteiger partial charge in [-0.25, -0.2) is 4.40 Å². The minimum absolute atomic E-state index is 0.124. The minimum Gasteiger partial charge on any atom is -0.339 e. The predicted octanol–water partition coefficient (Wildman–Crippen LogP) is 4.36. The zero-order valence-electron chi connectivity index (χ0n) is 19.7. The van der Waals surface area contributed by atoms with Gasteiger partial charge in [0.15, 0.2) is 0 Å². The summed E-state index contributed by atoms with van der Waals surface area (Å²) in [6.45, 7) is 1.19. The molecule has 0 atom stereocenters. The Labute approximate surface area is 214 Å². The summed E-state index contributed by atoms with van der Waals surface area (Å²) in [6, 6.07) is 21.2. The van der Waals surface area contributed by atoms with E-state index in [2.05, 4.69) is 10.3 Å². The van der Waals surface area contributed by atoms with E-state index >= 15 is 0 Å². The average Bonchev–Trinajstić information content (AvgIpc) is 3.62. The van der Waals surface area contributed by atoms with Gasteiger partial charge in [-0.2, -0.15) is 0 Å². The lowest BCUT2D eigenvalue weighted by Crippen LogP contribution is -2.34. The van der Waals surface area contributed by atoms with Crippen LogP contribution in [0.4, 0.5) is 5.69 Å². The Kier molecular flexibility index (Phi) is 5.69. The number of amides is 2. The molecular formula is C28H22N4O4S. The number of nitrogens with zero attached hydrogens (tertiary/aromatic N) is 2. The Hall–Kier alpha value is -4.50. The van der Waals surface area contributed by atoms with Crippen LogP contribution in [-0.4, -0.2) is 39.2 Å². The summed E-state index contributed by atoms with van der Waals surface area (Å²) in [5.41, 5.74) is 0.215.